The second kappa shape index (κ2) is 5.12. The van der Waals surface area contributed by atoms with Crippen molar-refractivity contribution < 1.29 is 0 Å². The van der Waals surface area contributed by atoms with Crippen LogP contribution in [0.5, 0.6) is 0 Å². The predicted molar refractivity (Wildman–Crippen MR) is 75.5 cm³/mol. The zero-order chi connectivity index (χ0) is 12.3. The van der Waals surface area contributed by atoms with Crippen LogP contribution in [0, 0.1) is 5.41 Å². The SMILES string of the molecule is CCCCc1ccc(NC(C)C2(C)CC2)cc1. The first-order chi connectivity index (χ1) is 8.14. The maximum absolute atomic E-state index is 3.63. The van der Waals surface area contributed by atoms with Gasteiger partial charge >= 0.3 is 0 Å². The molecule has 0 saturated heterocycles. The third kappa shape index (κ3) is 3.24. The van der Waals surface area contributed by atoms with Crippen molar-refractivity contribution in [3.05, 3.63) is 29.8 Å². The van der Waals surface area contributed by atoms with Crippen LogP contribution in [0.15, 0.2) is 24.3 Å². The summed E-state index contributed by atoms with van der Waals surface area (Å²) >= 11 is 0. The van der Waals surface area contributed by atoms with Gasteiger partial charge in [0.1, 0.15) is 0 Å². The van der Waals surface area contributed by atoms with E-state index in [2.05, 4.69) is 50.4 Å². The van der Waals surface area contributed by atoms with Crippen LogP contribution in [0.2, 0.25) is 0 Å². The van der Waals surface area contributed by atoms with Crippen molar-refractivity contribution in [2.45, 2.75) is 58.9 Å². The Bertz CT molecular complexity index is 348. The molecule has 1 atom stereocenters. The molecule has 94 valence electrons. The summed E-state index contributed by atoms with van der Waals surface area (Å²) in [5, 5.41) is 3.63. The Kier molecular flexibility index (Phi) is 3.76. The third-order valence-electron chi connectivity index (χ3n) is 4.24. The molecule has 1 aromatic carbocycles. The summed E-state index contributed by atoms with van der Waals surface area (Å²) in [6, 6.07) is 9.57. The van der Waals surface area contributed by atoms with E-state index in [1.54, 1.807) is 0 Å². The molecule has 0 bridgehead atoms. The van der Waals surface area contributed by atoms with Crippen LogP contribution in [0.1, 0.15) is 52.0 Å². The number of anilines is 1. The average molecular weight is 231 g/mol. The summed E-state index contributed by atoms with van der Waals surface area (Å²) in [6.45, 7) is 6.92. The molecular weight excluding hydrogens is 206 g/mol. The molecule has 2 rings (SSSR count). The number of hydrogen-bond donors (Lipinski definition) is 1. The molecule has 1 aromatic rings. The van der Waals surface area contributed by atoms with Gasteiger partial charge < -0.3 is 5.32 Å². The zero-order valence-electron chi connectivity index (χ0n) is 11.4. The monoisotopic (exact) mass is 231 g/mol. The van der Waals surface area contributed by atoms with Gasteiger partial charge in [0.2, 0.25) is 0 Å². The van der Waals surface area contributed by atoms with E-state index in [1.807, 2.05) is 0 Å². The van der Waals surface area contributed by atoms with Crippen LogP contribution < -0.4 is 5.32 Å². The van der Waals surface area contributed by atoms with Crippen molar-refractivity contribution in [2.24, 2.45) is 5.41 Å². The van der Waals surface area contributed by atoms with Gasteiger partial charge in [-0.1, -0.05) is 32.4 Å². The normalized spacial score (nSPS) is 18.8. The molecule has 1 N–H and O–H groups in total. The number of hydrogen-bond acceptors (Lipinski definition) is 1. The van der Waals surface area contributed by atoms with E-state index in [0.29, 0.717) is 11.5 Å². The highest BCUT2D eigenvalue weighted by Gasteiger charge is 2.42. The van der Waals surface area contributed by atoms with Gasteiger partial charge in [-0.05, 0) is 55.7 Å². The molecule has 0 spiro atoms. The molecule has 1 nitrogen and oxygen atoms in total. The van der Waals surface area contributed by atoms with Crippen LogP contribution in [0.3, 0.4) is 0 Å². The maximum atomic E-state index is 3.63. The number of benzene rings is 1. The first-order valence-electron chi connectivity index (χ1n) is 6.99. The summed E-state index contributed by atoms with van der Waals surface area (Å²) in [5.41, 5.74) is 3.27. The van der Waals surface area contributed by atoms with Gasteiger partial charge in [0.05, 0.1) is 0 Å². The summed E-state index contributed by atoms with van der Waals surface area (Å²) < 4.78 is 0. The van der Waals surface area contributed by atoms with Crippen molar-refractivity contribution >= 4 is 5.69 Å². The Hall–Kier alpha value is -0.980. The number of nitrogens with one attached hydrogen (secondary N) is 1. The second-order valence-corrected chi connectivity index (χ2v) is 5.82. The van der Waals surface area contributed by atoms with Crippen molar-refractivity contribution in [1.29, 1.82) is 0 Å². The van der Waals surface area contributed by atoms with Crippen LogP contribution in [0.25, 0.3) is 0 Å². The summed E-state index contributed by atoms with van der Waals surface area (Å²) in [4.78, 5) is 0. The van der Waals surface area contributed by atoms with E-state index < -0.39 is 0 Å². The Morgan fingerprint density at radius 2 is 1.88 bits per heavy atom. The van der Waals surface area contributed by atoms with E-state index in [-0.39, 0.29) is 0 Å². The van der Waals surface area contributed by atoms with E-state index in [9.17, 15) is 0 Å². The second-order valence-electron chi connectivity index (χ2n) is 5.82. The Morgan fingerprint density at radius 1 is 1.24 bits per heavy atom. The maximum Gasteiger partial charge on any atom is 0.0342 e. The van der Waals surface area contributed by atoms with Gasteiger partial charge in [0.15, 0.2) is 0 Å². The molecular formula is C16H25N. The molecule has 17 heavy (non-hydrogen) atoms. The predicted octanol–water partition coefficient (Wildman–Crippen LogP) is 4.63. The van der Waals surface area contributed by atoms with Crippen molar-refractivity contribution in [3.63, 3.8) is 0 Å². The Balaban J connectivity index is 1.89. The molecule has 1 heteroatoms. The molecule has 1 unspecified atom stereocenters. The summed E-state index contributed by atoms with van der Waals surface area (Å²) in [7, 11) is 0. The molecule has 0 amide bonds. The van der Waals surface area contributed by atoms with E-state index in [4.69, 9.17) is 0 Å². The van der Waals surface area contributed by atoms with Crippen molar-refractivity contribution in [2.75, 3.05) is 5.32 Å². The topological polar surface area (TPSA) is 12.0 Å². The Labute approximate surface area is 106 Å². The van der Waals surface area contributed by atoms with E-state index in [0.717, 1.165) is 0 Å². The third-order valence-corrected chi connectivity index (χ3v) is 4.24. The number of aryl methyl sites for hydroxylation is 1. The minimum Gasteiger partial charge on any atom is -0.382 e. The molecule has 1 aliphatic carbocycles. The summed E-state index contributed by atoms with van der Waals surface area (Å²) in [6.07, 6.45) is 6.52. The quantitative estimate of drug-likeness (QED) is 0.752. The van der Waals surface area contributed by atoms with Crippen LogP contribution in [-0.2, 0) is 6.42 Å². The minimum atomic E-state index is 0.543. The van der Waals surface area contributed by atoms with E-state index in [1.165, 1.54) is 43.4 Å². The Morgan fingerprint density at radius 3 is 2.41 bits per heavy atom. The first kappa shape index (κ1) is 12.5. The standard InChI is InChI=1S/C16H25N/c1-4-5-6-14-7-9-15(10-8-14)17-13(2)16(3)11-12-16/h7-10,13,17H,4-6,11-12H2,1-3H3. The lowest BCUT2D eigenvalue weighted by molar-refractivity contribution is 0.493. The highest BCUT2D eigenvalue weighted by atomic mass is 14.9. The fraction of sp³-hybridized carbons (Fsp3) is 0.625. The molecule has 0 radical (unpaired) electrons. The van der Waals surface area contributed by atoms with Gasteiger partial charge in [0, 0.05) is 11.7 Å². The smallest absolute Gasteiger partial charge is 0.0342 e. The van der Waals surface area contributed by atoms with Gasteiger partial charge in [-0.3, -0.25) is 0 Å². The first-order valence-corrected chi connectivity index (χ1v) is 6.99. The summed E-state index contributed by atoms with van der Waals surface area (Å²) in [5.74, 6) is 0. The highest BCUT2D eigenvalue weighted by molar-refractivity contribution is 5.46. The lowest BCUT2D eigenvalue weighted by atomic mass is 10.0. The lowest BCUT2D eigenvalue weighted by Crippen LogP contribution is -2.24. The molecule has 0 aromatic heterocycles. The average Bonchev–Trinajstić information content (AvgIpc) is 3.08. The van der Waals surface area contributed by atoms with Gasteiger partial charge in [-0.15, -0.1) is 0 Å². The zero-order valence-corrected chi connectivity index (χ0v) is 11.4. The molecule has 0 heterocycles. The van der Waals surface area contributed by atoms with Crippen LogP contribution in [0.4, 0.5) is 5.69 Å². The van der Waals surface area contributed by atoms with Crippen molar-refractivity contribution in [3.8, 4) is 0 Å². The molecule has 1 aliphatic rings. The number of unbranched alkanes of at least 4 members (excludes halogenated alkanes) is 1. The van der Waals surface area contributed by atoms with Crippen molar-refractivity contribution in [1.82, 2.24) is 0 Å². The molecule has 0 aliphatic heterocycles. The van der Waals surface area contributed by atoms with Crippen LogP contribution in [-0.4, -0.2) is 6.04 Å². The van der Waals surface area contributed by atoms with Gasteiger partial charge in [-0.2, -0.15) is 0 Å². The minimum absolute atomic E-state index is 0.543. The molecule has 1 fully saturated rings. The molecule has 1 saturated carbocycles. The van der Waals surface area contributed by atoms with E-state index >= 15 is 0 Å². The largest absolute Gasteiger partial charge is 0.382 e. The number of rotatable bonds is 6. The fourth-order valence-corrected chi connectivity index (χ4v) is 2.20. The fourth-order valence-electron chi connectivity index (χ4n) is 2.20. The van der Waals surface area contributed by atoms with Crippen LogP contribution >= 0.6 is 0 Å². The van der Waals surface area contributed by atoms with Gasteiger partial charge in [-0.25, -0.2) is 0 Å². The highest BCUT2D eigenvalue weighted by Crippen LogP contribution is 2.48. The lowest BCUT2D eigenvalue weighted by Gasteiger charge is -2.21. The van der Waals surface area contributed by atoms with Gasteiger partial charge in [0.25, 0.3) is 0 Å².